The third kappa shape index (κ3) is 8.92. The smallest absolute Gasteiger partial charge is 0 e. The number of hydrogen-bond acceptors (Lipinski definition) is 0. The summed E-state index contributed by atoms with van der Waals surface area (Å²) < 4.78 is 0. The minimum atomic E-state index is -0.467. The average molecular weight is 649 g/mol. The van der Waals surface area contributed by atoms with Crippen LogP contribution in [0.15, 0.2) is 97.1 Å². The number of benzene rings is 4. The Bertz CT molecular complexity index is 1270. The molecule has 43 heavy (non-hydrogen) atoms. The Morgan fingerprint density at radius 1 is 0.512 bits per heavy atom. The second kappa shape index (κ2) is 16.5. The fourth-order valence-corrected chi connectivity index (χ4v) is 14.2. The zero-order valence-corrected chi connectivity index (χ0v) is 29.8. The van der Waals surface area contributed by atoms with Crippen molar-refractivity contribution in [3.8, 4) is 0 Å². The standard InChI is InChI=1S/C35H40P2.C5H10.Fe/c1-25-19-26(2)22-32(21-25)36(33-23-27(3)20-28(4)24-33)29(5)34-17-12-18-35(34)37(30-13-8-6-9-14-30)31-15-10-7-11-16-31;1-2-4-5-3-1;/h6-11,13-16,19-24,29,34-35H,12,17-18H2,1-5H3;1-5H2;/t29-,34?,35?;;/m0../s1. The van der Waals surface area contributed by atoms with Crippen molar-refractivity contribution in [2.24, 2.45) is 5.92 Å². The molecule has 0 N–H and O–H groups in total. The quantitative estimate of drug-likeness (QED) is 0.138. The SMILES string of the molecule is C1CCCC1.Cc1cc(C)cc(P(c2cc(C)cc(C)c2)[C@@H](C)C2CCCC2P(c2ccccc2)c2ccccc2)c1.[Fe]. The summed E-state index contributed by atoms with van der Waals surface area (Å²) in [4.78, 5) is 0. The van der Waals surface area contributed by atoms with E-state index in [2.05, 4.69) is 132 Å². The topological polar surface area (TPSA) is 0 Å². The van der Waals surface area contributed by atoms with Gasteiger partial charge >= 0.3 is 0 Å². The van der Waals surface area contributed by atoms with E-state index in [1.54, 1.807) is 10.6 Å². The first-order valence-corrected chi connectivity index (χ1v) is 19.1. The normalized spacial score (nSPS) is 18.7. The molecule has 2 saturated carbocycles. The van der Waals surface area contributed by atoms with Gasteiger partial charge < -0.3 is 0 Å². The van der Waals surface area contributed by atoms with Crippen LogP contribution in [0, 0.1) is 33.6 Å². The van der Waals surface area contributed by atoms with Crippen LogP contribution in [0.2, 0.25) is 0 Å². The maximum Gasteiger partial charge on any atom is 0 e. The molecule has 3 heteroatoms. The summed E-state index contributed by atoms with van der Waals surface area (Å²) in [6.45, 7) is 11.6. The Kier molecular flexibility index (Phi) is 13.1. The van der Waals surface area contributed by atoms with Crippen molar-refractivity contribution in [1.82, 2.24) is 0 Å². The van der Waals surface area contributed by atoms with E-state index in [1.807, 2.05) is 0 Å². The summed E-state index contributed by atoms with van der Waals surface area (Å²) in [5, 5.41) is 6.18. The Balaban J connectivity index is 0.000000641. The van der Waals surface area contributed by atoms with Crippen LogP contribution >= 0.6 is 15.8 Å². The molecule has 0 amide bonds. The monoisotopic (exact) mass is 648 g/mol. The van der Waals surface area contributed by atoms with Gasteiger partial charge in [-0.25, -0.2) is 0 Å². The van der Waals surface area contributed by atoms with E-state index in [-0.39, 0.29) is 17.1 Å². The van der Waals surface area contributed by atoms with Gasteiger partial charge in [0.15, 0.2) is 0 Å². The van der Waals surface area contributed by atoms with Gasteiger partial charge in [-0.2, -0.15) is 0 Å². The van der Waals surface area contributed by atoms with Gasteiger partial charge in [0.2, 0.25) is 0 Å². The summed E-state index contributed by atoms with van der Waals surface area (Å²) >= 11 is 0. The molecule has 2 aliphatic carbocycles. The second-order valence-electron chi connectivity index (χ2n) is 12.8. The van der Waals surface area contributed by atoms with Crippen molar-refractivity contribution < 1.29 is 17.1 Å². The van der Waals surface area contributed by atoms with Gasteiger partial charge in [-0.05, 0) is 94.8 Å². The maximum absolute atomic E-state index is 2.59. The average Bonchev–Trinajstić information content (AvgIpc) is 3.70. The Hall–Kier alpha value is -1.74. The molecule has 0 aromatic heterocycles. The maximum atomic E-state index is 2.59. The zero-order chi connectivity index (χ0) is 29.5. The van der Waals surface area contributed by atoms with E-state index in [4.69, 9.17) is 0 Å². The molecule has 0 spiro atoms. The number of rotatable bonds is 7. The van der Waals surface area contributed by atoms with E-state index in [0.717, 1.165) is 11.6 Å². The van der Waals surface area contributed by atoms with E-state index in [9.17, 15) is 0 Å². The van der Waals surface area contributed by atoms with Crippen LogP contribution in [0.5, 0.6) is 0 Å². The van der Waals surface area contributed by atoms with Crippen LogP contribution in [0.25, 0.3) is 0 Å². The van der Waals surface area contributed by atoms with Crippen molar-refractivity contribution in [1.29, 1.82) is 0 Å². The van der Waals surface area contributed by atoms with Crippen molar-refractivity contribution >= 4 is 37.1 Å². The van der Waals surface area contributed by atoms with Crippen molar-refractivity contribution in [2.45, 2.75) is 97.3 Å². The molecular weight excluding hydrogens is 598 g/mol. The summed E-state index contributed by atoms with van der Waals surface area (Å²) in [6, 6.07) is 37.4. The van der Waals surface area contributed by atoms with E-state index >= 15 is 0 Å². The van der Waals surface area contributed by atoms with Crippen LogP contribution in [0.3, 0.4) is 0 Å². The first kappa shape index (κ1) is 34.1. The van der Waals surface area contributed by atoms with Crippen LogP contribution in [-0.4, -0.2) is 11.3 Å². The molecule has 228 valence electrons. The first-order valence-electron chi connectivity index (χ1n) is 16.3. The van der Waals surface area contributed by atoms with E-state index in [0.29, 0.717) is 5.66 Å². The second-order valence-corrected chi connectivity index (χ2v) is 17.8. The summed E-state index contributed by atoms with van der Waals surface area (Å²) in [5.74, 6) is 0.722. The van der Waals surface area contributed by atoms with Crippen LogP contribution in [0.4, 0.5) is 0 Å². The minimum absolute atomic E-state index is 0. The molecule has 2 unspecified atom stereocenters. The van der Waals surface area contributed by atoms with Gasteiger partial charge in [0, 0.05) is 17.1 Å². The molecule has 0 bridgehead atoms. The molecule has 0 saturated heterocycles. The van der Waals surface area contributed by atoms with Crippen molar-refractivity contribution in [2.75, 3.05) is 0 Å². The molecule has 3 atom stereocenters. The largest absolute Gasteiger partial charge is 0.0622 e. The molecule has 4 aromatic rings. The van der Waals surface area contributed by atoms with Crippen LogP contribution in [-0.2, 0) is 17.1 Å². The van der Waals surface area contributed by atoms with Gasteiger partial charge in [0.1, 0.15) is 0 Å². The Labute approximate surface area is 275 Å². The third-order valence-corrected chi connectivity index (χ3v) is 15.0. The molecule has 0 radical (unpaired) electrons. The van der Waals surface area contributed by atoms with Gasteiger partial charge in [-0.15, -0.1) is 0 Å². The summed E-state index contributed by atoms with van der Waals surface area (Å²) in [6.07, 6.45) is 11.5. The van der Waals surface area contributed by atoms with Crippen molar-refractivity contribution in [3.05, 3.63) is 119 Å². The zero-order valence-electron chi connectivity index (χ0n) is 26.9. The molecule has 0 nitrogen and oxygen atoms in total. The number of aryl methyl sites for hydroxylation is 4. The van der Waals surface area contributed by atoms with Gasteiger partial charge in [-0.3, -0.25) is 0 Å². The van der Waals surface area contributed by atoms with E-state index in [1.165, 1.54) is 84.2 Å². The molecular formula is C40H50FeP2. The molecule has 2 aliphatic rings. The number of hydrogen-bond donors (Lipinski definition) is 0. The summed E-state index contributed by atoms with van der Waals surface area (Å²) in [5.41, 5.74) is 6.89. The van der Waals surface area contributed by atoms with Crippen molar-refractivity contribution in [3.63, 3.8) is 0 Å². The Morgan fingerprint density at radius 2 is 0.907 bits per heavy atom. The molecule has 2 fully saturated rings. The first-order chi connectivity index (χ1) is 20.4. The fraction of sp³-hybridized carbons (Fsp3) is 0.400. The summed E-state index contributed by atoms with van der Waals surface area (Å²) in [7, 11) is -0.868. The minimum Gasteiger partial charge on any atom is -0.0622 e. The predicted molar refractivity (Wildman–Crippen MR) is 191 cm³/mol. The van der Waals surface area contributed by atoms with Gasteiger partial charge in [0.05, 0.1) is 0 Å². The predicted octanol–water partition coefficient (Wildman–Crippen LogP) is 9.99. The fourth-order valence-electron chi connectivity index (χ4n) is 7.44. The van der Waals surface area contributed by atoms with Gasteiger partial charge in [0.25, 0.3) is 0 Å². The molecule has 4 aromatic carbocycles. The Morgan fingerprint density at radius 3 is 1.30 bits per heavy atom. The molecule has 6 rings (SSSR count). The van der Waals surface area contributed by atoms with Crippen LogP contribution in [0.1, 0.15) is 80.5 Å². The molecule has 0 aliphatic heterocycles. The third-order valence-electron chi connectivity index (χ3n) is 9.18. The van der Waals surface area contributed by atoms with Gasteiger partial charge in [-0.1, -0.05) is 165 Å². The van der Waals surface area contributed by atoms with Crippen LogP contribution < -0.4 is 21.2 Å². The van der Waals surface area contributed by atoms with E-state index < -0.39 is 15.8 Å². The molecule has 0 heterocycles.